The second-order valence-corrected chi connectivity index (χ2v) is 7.33. The lowest BCUT2D eigenvalue weighted by molar-refractivity contribution is 0.0269. The van der Waals surface area contributed by atoms with Crippen LogP contribution in [0.5, 0.6) is 0 Å². The van der Waals surface area contributed by atoms with Crippen molar-refractivity contribution in [3.05, 3.63) is 35.9 Å². The molecule has 7 heteroatoms. The van der Waals surface area contributed by atoms with Crippen LogP contribution in [0.15, 0.2) is 30.3 Å². The summed E-state index contributed by atoms with van der Waals surface area (Å²) in [6, 6.07) is 9.22. The molecule has 1 heterocycles. The van der Waals surface area contributed by atoms with Gasteiger partial charge in [0.2, 0.25) is 0 Å². The maximum atomic E-state index is 12.5. The molecule has 0 bridgehead atoms. The van der Waals surface area contributed by atoms with Crippen molar-refractivity contribution in [3.8, 4) is 0 Å². The first-order valence-corrected chi connectivity index (χ1v) is 8.86. The number of benzene rings is 1. The molecule has 1 atom stereocenters. The smallest absolute Gasteiger partial charge is 0.410 e. The Morgan fingerprint density at radius 2 is 1.96 bits per heavy atom. The molecule has 0 aliphatic carbocycles. The molecule has 0 aromatic heterocycles. The molecular formula is C19H28N2O5. The topological polar surface area (TPSA) is 79.3 Å². The molecule has 1 aliphatic rings. The lowest BCUT2D eigenvalue weighted by Crippen LogP contribution is -2.45. The molecule has 1 fully saturated rings. The largest absolute Gasteiger partial charge is 0.445 e. The van der Waals surface area contributed by atoms with Gasteiger partial charge in [0.25, 0.3) is 0 Å². The van der Waals surface area contributed by atoms with Crippen LogP contribution in [-0.4, -0.2) is 65.0 Å². The van der Waals surface area contributed by atoms with Gasteiger partial charge in [-0.05, 0) is 32.8 Å². The first kappa shape index (κ1) is 20.0. The predicted molar refractivity (Wildman–Crippen MR) is 96.6 cm³/mol. The second kappa shape index (κ2) is 8.89. The van der Waals surface area contributed by atoms with Gasteiger partial charge in [0.15, 0.2) is 0 Å². The molecule has 2 amide bonds. The number of amides is 2. The van der Waals surface area contributed by atoms with E-state index in [-0.39, 0.29) is 31.9 Å². The van der Waals surface area contributed by atoms with E-state index in [1.807, 2.05) is 51.1 Å². The minimum Gasteiger partial charge on any atom is -0.445 e. The summed E-state index contributed by atoms with van der Waals surface area (Å²) < 4.78 is 10.8. The van der Waals surface area contributed by atoms with Crippen LogP contribution in [0.2, 0.25) is 0 Å². The summed E-state index contributed by atoms with van der Waals surface area (Å²) in [5.74, 6) is 0. The summed E-state index contributed by atoms with van der Waals surface area (Å²) in [4.78, 5) is 27.7. The van der Waals surface area contributed by atoms with Gasteiger partial charge in [-0.3, -0.25) is 0 Å². The van der Waals surface area contributed by atoms with E-state index < -0.39 is 11.7 Å². The van der Waals surface area contributed by atoms with Gasteiger partial charge in [-0.25, -0.2) is 9.59 Å². The van der Waals surface area contributed by atoms with Crippen molar-refractivity contribution in [1.29, 1.82) is 0 Å². The normalized spacial score (nSPS) is 17.1. The molecule has 7 nitrogen and oxygen atoms in total. The molecule has 1 aromatic carbocycles. The third kappa shape index (κ3) is 5.91. The Labute approximate surface area is 154 Å². The number of carbonyl (C=O) groups excluding carboxylic acids is 2. The molecular weight excluding hydrogens is 336 g/mol. The van der Waals surface area contributed by atoms with E-state index in [0.717, 1.165) is 5.56 Å². The average molecular weight is 364 g/mol. The van der Waals surface area contributed by atoms with E-state index in [2.05, 4.69) is 0 Å². The lowest BCUT2D eigenvalue weighted by Gasteiger charge is -2.28. The van der Waals surface area contributed by atoms with Crippen LogP contribution in [0.3, 0.4) is 0 Å². The quantitative estimate of drug-likeness (QED) is 0.869. The Morgan fingerprint density at radius 1 is 1.27 bits per heavy atom. The van der Waals surface area contributed by atoms with Gasteiger partial charge in [0.1, 0.15) is 12.2 Å². The Kier molecular flexibility index (Phi) is 6.85. The predicted octanol–water partition coefficient (Wildman–Crippen LogP) is 2.63. The van der Waals surface area contributed by atoms with Crippen molar-refractivity contribution >= 4 is 12.2 Å². The molecule has 1 aliphatic heterocycles. The van der Waals surface area contributed by atoms with E-state index in [9.17, 15) is 14.7 Å². The van der Waals surface area contributed by atoms with Crippen molar-refractivity contribution in [2.45, 2.75) is 45.4 Å². The maximum Gasteiger partial charge on any atom is 0.410 e. The molecule has 0 spiro atoms. The maximum absolute atomic E-state index is 12.5. The van der Waals surface area contributed by atoms with Crippen molar-refractivity contribution < 1.29 is 24.2 Å². The van der Waals surface area contributed by atoms with Gasteiger partial charge in [0, 0.05) is 19.6 Å². The Bertz CT molecular complexity index is 600. The summed E-state index contributed by atoms with van der Waals surface area (Å²) in [6.45, 7) is 6.50. The summed E-state index contributed by atoms with van der Waals surface area (Å²) in [5.41, 5.74) is 0.334. The highest BCUT2D eigenvalue weighted by molar-refractivity contribution is 5.70. The minimum atomic E-state index is -0.561. The fourth-order valence-electron chi connectivity index (χ4n) is 2.82. The molecule has 1 aromatic rings. The Balaban J connectivity index is 1.92. The van der Waals surface area contributed by atoms with Gasteiger partial charge in [0.05, 0.1) is 12.6 Å². The van der Waals surface area contributed by atoms with Gasteiger partial charge in [-0.1, -0.05) is 30.3 Å². The van der Waals surface area contributed by atoms with Crippen LogP contribution < -0.4 is 0 Å². The molecule has 144 valence electrons. The van der Waals surface area contributed by atoms with Crippen LogP contribution in [0.4, 0.5) is 9.59 Å². The zero-order chi connectivity index (χ0) is 19.2. The summed E-state index contributed by atoms with van der Waals surface area (Å²) in [6.07, 6.45) is -0.250. The highest BCUT2D eigenvalue weighted by Crippen LogP contribution is 2.20. The summed E-state index contributed by atoms with van der Waals surface area (Å²) in [5, 5.41) is 9.30. The van der Waals surface area contributed by atoms with Crippen molar-refractivity contribution in [2.24, 2.45) is 0 Å². The lowest BCUT2D eigenvalue weighted by atomic mass is 10.2. The van der Waals surface area contributed by atoms with Gasteiger partial charge in [-0.2, -0.15) is 0 Å². The molecule has 1 saturated heterocycles. The van der Waals surface area contributed by atoms with Crippen molar-refractivity contribution in [3.63, 3.8) is 0 Å². The average Bonchev–Trinajstić information content (AvgIpc) is 3.07. The third-order valence-corrected chi connectivity index (χ3v) is 4.04. The zero-order valence-corrected chi connectivity index (χ0v) is 15.7. The van der Waals surface area contributed by atoms with Crippen LogP contribution in [0, 0.1) is 0 Å². The first-order valence-electron chi connectivity index (χ1n) is 8.86. The molecule has 26 heavy (non-hydrogen) atoms. The van der Waals surface area contributed by atoms with E-state index >= 15 is 0 Å². The number of aliphatic hydroxyl groups is 1. The number of hydrogen-bond acceptors (Lipinski definition) is 5. The van der Waals surface area contributed by atoms with Gasteiger partial charge in [-0.15, -0.1) is 0 Å². The number of carbonyl (C=O) groups is 2. The number of ether oxygens (including phenoxy) is 2. The standard InChI is InChI=1S/C19H28N2O5/c1-19(2,3)26-17(23)20-10-9-16(13-20)21(11-12-22)18(24)25-14-15-7-5-4-6-8-15/h4-8,16,22H,9-14H2,1-3H3/t16-/m1/s1. The molecule has 0 unspecified atom stereocenters. The Morgan fingerprint density at radius 3 is 2.58 bits per heavy atom. The SMILES string of the molecule is CC(C)(C)OC(=O)N1CC[C@@H](N(CCO)C(=O)OCc2ccccc2)C1. The highest BCUT2D eigenvalue weighted by atomic mass is 16.6. The van der Waals surface area contributed by atoms with Crippen molar-refractivity contribution in [1.82, 2.24) is 9.80 Å². The van der Waals surface area contributed by atoms with Crippen LogP contribution in [0.25, 0.3) is 0 Å². The number of hydrogen-bond donors (Lipinski definition) is 1. The number of nitrogens with zero attached hydrogens (tertiary/aromatic N) is 2. The fourth-order valence-corrected chi connectivity index (χ4v) is 2.82. The zero-order valence-electron chi connectivity index (χ0n) is 15.7. The van der Waals surface area contributed by atoms with Crippen LogP contribution in [-0.2, 0) is 16.1 Å². The van der Waals surface area contributed by atoms with E-state index in [4.69, 9.17) is 9.47 Å². The second-order valence-electron chi connectivity index (χ2n) is 7.33. The summed E-state index contributed by atoms with van der Waals surface area (Å²) >= 11 is 0. The van der Waals surface area contributed by atoms with E-state index in [1.54, 1.807) is 4.90 Å². The van der Waals surface area contributed by atoms with Crippen LogP contribution in [0.1, 0.15) is 32.8 Å². The van der Waals surface area contributed by atoms with E-state index in [0.29, 0.717) is 19.5 Å². The summed E-state index contributed by atoms with van der Waals surface area (Å²) in [7, 11) is 0. The number of likely N-dealkylation sites (tertiary alicyclic amines) is 1. The highest BCUT2D eigenvalue weighted by Gasteiger charge is 2.35. The van der Waals surface area contributed by atoms with Crippen LogP contribution >= 0.6 is 0 Å². The Hall–Kier alpha value is -2.28. The molecule has 0 saturated carbocycles. The van der Waals surface area contributed by atoms with Gasteiger partial charge < -0.3 is 24.4 Å². The third-order valence-electron chi connectivity index (χ3n) is 4.04. The molecule has 0 radical (unpaired) electrons. The molecule has 1 N–H and O–H groups in total. The molecule has 2 rings (SSSR count). The first-order chi connectivity index (χ1) is 12.3. The monoisotopic (exact) mass is 364 g/mol. The van der Waals surface area contributed by atoms with Gasteiger partial charge >= 0.3 is 12.2 Å². The van der Waals surface area contributed by atoms with Crippen molar-refractivity contribution in [2.75, 3.05) is 26.2 Å². The van der Waals surface area contributed by atoms with E-state index in [1.165, 1.54) is 4.90 Å². The number of rotatable bonds is 5. The number of aliphatic hydroxyl groups excluding tert-OH is 1. The minimum absolute atomic E-state index is 0.163. The fraction of sp³-hybridized carbons (Fsp3) is 0.579.